The molecule has 0 radical (unpaired) electrons. The Morgan fingerprint density at radius 3 is 1.71 bits per heavy atom. The van der Waals surface area contributed by atoms with Crippen LogP contribution in [0, 0.1) is 0 Å². The van der Waals surface area contributed by atoms with Gasteiger partial charge in [0.1, 0.15) is 0 Å². The van der Waals surface area contributed by atoms with Crippen LogP contribution in [0.4, 0.5) is 9.59 Å². The van der Waals surface area contributed by atoms with Crippen LogP contribution < -0.4 is 62.4 Å². The summed E-state index contributed by atoms with van der Waals surface area (Å²) in [5.74, 6) is 0. The number of hydrogen-bond donors (Lipinski definition) is 4. The van der Waals surface area contributed by atoms with Gasteiger partial charge in [-0.05, 0) is 12.8 Å². The van der Waals surface area contributed by atoms with E-state index >= 15 is 0 Å². The van der Waals surface area contributed by atoms with Crippen LogP contribution in [-0.2, 0) is 0 Å². The van der Waals surface area contributed by atoms with Gasteiger partial charge in [0.2, 0.25) is 0 Å². The minimum atomic E-state index is -0.639. The summed E-state index contributed by atoms with van der Waals surface area (Å²) in [5, 5.41) is 1.83. The van der Waals surface area contributed by atoms with Gasteiger partial charge in [-0.3, -0.25) is 9.59 Å². The standard InChI is InChI=1S/C6H13NOS.CH3NOS.K.H/c1-3-5(4-2)7-6(8)9;2-1(3)4;;/h5H,3-4H2,1-2H3,(H2,7,8,9);(H3,2,3,4);;/q;;+1;-1. The monoisotopic (exact) mass is 264 g/mol. The first-order valence-electron chi connectivity index (χ1n) is 3.91. The molecule has 0 saturated carbocycles. The number of thiol groups is 2. The number of rotatable bonds is 3. The second-order valence-corrected chi connectivity index (χ2v) is 3.15. The van der Waals surface area contributed by atoms with Crippen LogP contribution >= 0.6 is 25.3 Å². The summed E-state index contributed by atoms with van der Waals surface area (Å²) >= 11 is 6.70. The second-order valence-electron chi connectivity index (χ2n) is 2.30. The van der Waals surface area contributed by atoms with E-state index in [1.54, 1.807) is 0 Å². The third-order valence-corrected chi connectivity index (χ3v) is 1.44. The van der Waals surface area contributed by atoms with E-state index in [0.717, 1.165) is 12.8 Å². The van der Waals surface area contributed by atoms with E-state index < -0.39 is 5.24 Å². The van der Waals surface area contributed by atoms with Crippen LogP contribution in [0.1, 0.15) is 28.1 Å². The van der Waals surface area contributed by atoms with Gasteiger partial charge in [0, 0.05) is 6.04 Å². The predicted octanol–water partition coefficient (Wildman–Crippen LogP) is -1.07. The minimum Gasteiger partial charge on any atom is -1.00 e. The first kappa shape index (κ1) is 20.7. The Hall–Kier alpha value is 1.28. The van der Waals surface area contributed by atoms with Gasteiger partial charge in [-0.15, -0.1) is 0 Å². The molecule has 0 aromatic heterocycles. The van der Waals surface area contributed by atoms with Gasteiger partial charge >= 0.3 is 51.4 Å². The Kier molecular flexibility index (Phi) is 21.1. The summed E-state index contributed by atoms with van der Waals surface area (Å²) in [6, 6.07) is 0.301. The van der Waals surface area contributed by atoms with Crippen molar-refractivity contribution in [2.75, 3.05) is 0 Å². The number of nitrogens with one attached hydrogen (secondary N) is 1. The molecule has 0 heterocycles. The van der Waals surface area contributed by atoms with Crippen molar-refractivity contribution in [2.45, 2.75) is 32.7 Å². The number of nitrogens with two attached hydrogens (primary N) is 1. The molecule has 0 atom stereocenters. The van der Waals surface area contributed by atoms with Crippen LogP contribution in [0.5, 0.6) is 0 Å². The molecule has 0 rings (SSSR count). The maximum Gasteiger partial charge on any atom is 1.00 e. The number of amides is 2. The third-order valence-electron chi connectivity index (χ3n) is 1.31. The van der Waals surface area contributed by atoms with E-state index in [1.165, 1.54) is 0 Å². The molecule has 0 saturated heterocycles. The van der Waals surface area contributed by atoms with Gasteiger partial charge in [-0.2, -0.15) is 0 Å². The first-order valence-corrected chi connectivity index (χ1v) is 4.81. The van der Waals surface area contributed by atoms with E-state index in [1.807, 2.05) is 13.8 Å². The van der Waals surface area contributed by atoms with E-state index in [0.29, 0.717) is 6.04 Å². The fraction of sp³-hybridized carbons (Fsp3) is 0.714. The Labute approximate surface area is 140 Å². The summed E-state index contributed by atoms with van der Waals surface area (Å²) in [7, 11) is 0. The molecule has 0 aromatic carbocycles. The maximum absolute atomic E-state index is 10.3. The number of primary amides is 1. The van der Waals surface area contributed by atoms with Crippen molar-refractivity contribution in [1.82, 2.24) is 5.32 Å². The van der Waals surface area contributed by atoms with E-state index in [9.17, 15) is 4.79 Å². The van der Waals surface area contributed by atoms with Crippen molar-refractivity contribution in [3.8, 4) is 0 Å². The third kappa shape index (κ3) is 23.3. The van der Waals surface area contributed by atoms with Crippen molar-refractivity contribution >= 4 is 35.7 Å². The van der Waals surface area contributed by atoms with Crippen LogP contribution in [0.3, 0.4) is 0 Å². The van der Waals surface area contributed by atoms with E-state index in [2.05, 4.69) is 36.3 Å². The molecular formula is C7H17KN2O2S2. The van der Waals surface area contributed by atoms with Crippen molar-refractivity contribution in [3.05, 3.63) is 0 Å². The quantitative estimate of drug-likeness (QED) is 0.387. The summed E-state index contributed by atoms with van der Waals surface area (Å²) < 4.78 is 0. The first-order chi connectivity index (χ1) is 5.93. The van der Waals surface area contributed by atoms with Crippen molar-refractivity contribution in [3.63, 3.8) is 0 Å². The van der Waals surface area contributed by atoms with Gasteiger partial charge in [0.15, 0.2) is 0 Å². The van der Waals surface area contributed by atoms with Crippen molar-refractivity contribution in [2.24, 2.45) is 5.73 Å². The molecule has 80 valence electrons. The summed E-state index contributed by atoms with van der Waals surface area (Å²) in [5.41, 5.74) is 4.34. The molecule has 0 aliphatic rings. The fourth-order valence-electron chi connectivity index (χ4n) is 0.667. The average Bonchev–Trinajstić information content (AvgIpc) is 1.98. The van der Waals surface area contributed by atoms with Crippen molar-refractivity contribution in [1.29, 1.82) is 0 Å². The van der Waals surface area contributed by atoms with E-state index in [-0.39, 0.29) is 58.1 Å². The van der Waals surface area contributed by atoms with Gasteiger partial charge in [-0.25, -0.2) is 0 Å². The molecular weight excluding hydrogens is 247 g/mol. The maximum atomic E-state index is 10.3. The molecule has 3 N–H and O–H groups in total. The Morgan fingerprint density at radius 1 is 1.36 bits per heavy atom. The average molecular weight is 264 g/mol. The molecule has 0 aliphatic heterocycles. The summed E-state index contributed by atoms with van der Waals surface area (Å²) in [6.45, 7) is 4.08. The number of carbonyl (C=O) groups is 2. The van der Waals surface area contributed by atoms with Crippen molar-refractivity contribution < 1.29 is 62.4 Å². The topological polar surface area (TPSA) is 72.2 Å². The molecule has 2 amide bonds. The largest absolute Gasteiger partial charge is 1.00 e. The van der Waals surface area contributed by atoms with Crippen LogP contribution in [0.25, 0.3) is 0 Å². The molecule has 7 heteroatoms. The van der Waals surface area contributed by atoms with Crippen LogP contribution in [-0.4, -0.2) is 16.5 Å². The zero-order valence-electron chi connectivity index (χ0n) is 9.78. The molecule has 4 nitrogen and oxygen atoms in total. The zero-order valence-corrected chi connectivity index (χ0v) is 13.7. The second kappa shape index (κ2) is 14.3. The Bertz CT molecular complexity index is 167. The molecule has 0 unspecified atom stereocenters. The Balaban J connectivity index is -0.0000000883. The van der Waals surface area contributed by atoms with E-state index in [4.69, 9.17) is 4.79 Å². The molecule has 14 heavy (non-hydrogen) atoms. The van der Waals surface area contributed by atoms with Gasteiger partial charge in [-0.1, -0.05) is 39.1 Å². The van der Waals surface area contributed by atoms with Gasteiger partial charge in [0.05, 0.1) is 0 Å². The number of hydrogen-bond acceptors (Lipinski definition) is 2. The molecule has 0 aromatic rings. The fourth-order valence-corrected chi connectivity index (χ4v) is 0.850. The molecule has 0 fully saturated rings. The molecule has 0 bridgehead atoms. The smallest absolute Gasteiger partial charge is 1.00 e. The minimum absolute atomic E-state index is 0. The predicted molar refractivity (Wildman–Crippen MR) is 61.6 cm³/mol. The SMILES string of the molecule is CCC(CC)NC(=O)S.NC(=O)S.[H-].[K+]. The zero-order chi connectivity index (χ0) is 10.9. The molecule has 0 aliphatic carbocycles. The van der Waals surface area contributed by atoms with Crippen LogP contribution in [0.15, 0.2) is 0 Å². The van der Waals surface area contributed by atoms with Crippen LogP contribution in [0.2, 0.25) is 0 Å². The van der Waals surface area contributed by atoms with Gasteiger partial charge < -0.3 is 12.5 Å². The summed E-state index contributed by atoms with van der Waals surface area (Å²) in [4.78, 5) is 19.4. The summed E-state index contributed by atoms with van der Waals surface area (Å²) in [6.07, 6.45) is 1.95. The normalized spacial score (nSPS) is 8.07. The Morgan fingerprint density at radius 2 is 1.64 bits per heavy atom. The number of carbonyl (C=O) groups excluding carboxylic acids is 2. The molecule has 0 spiro atoms. The van der Waals surface area contributed by atoms with Gasteiger partial charge in [0.25, 0.3) is 10.5 Å².